The molecule has 56 heavy (non-hydrogen) atoms. The van der Waals surface area contributed by atoms with Crippen LogP contribution in [0.25, 0.3) is 10.9 Å². The number of carbonyl (C=O) groups is 6. The van der Waals surface area contributed by atoms with Gasteiger partial charge in [0.15, 0.2) is 0 Å². The summed E-state index contributed by atoms with van der Waals surface area (Å²) in [6.45, 7) is 6.75. The molecule has 6 amide bonds. The van der Waals surface area contributed by atoms with Crippen LogP contribution in [0.5, 0.6) is 5.75 Å². The van der Waals surface area contributed by atoms with Crippen molar-refractivity contribution in [1.29, 1.82) is 0 Å². The Labute approximate surface area is 329 Å². The summed E-state index contributed by atoms with van der Waals surface area (Å²) in [6.07, 6.45) is 7.89. The van der Waals surface area contributed by atoms with Gasteiger partial charge in [-0.25, -0.2) is 0 Å². The van der Waals surface area contributed by atoms with Gasteiger partial charge in [0.1, 0.15) is 11.8 Å². The summed E-state index contributed by atoms with van der Waals surface area (Å²) < 4.78 is 0. The van der Waals surface area contributed by atoms with Crippen molar-refractivity contribution in [2.75, 3.05) is 72.0 Å². The van der Waals surface area contributed by atoms with E-state index in [0.29, 0.717) is 101 Å². The fraction of sp³-hybridized carbons (Fsp3) is 0.632. The van der Waals surface area contributed by atoms with Gasteiger partial charge in [-0.15, -0.1) is 0 Å². The van der Waals surface area contributed by atoms with Gasteiger partial charge in [-0.3, -0.25) is 28.8 Å². The van der Waals surface area contributed by atoms with E-state index in [1.807, 2.05) is 0 Å². The number of amides is 6. The summed E-state index contributed by atoms with van der Waals surface area (Å²) >= 11 is 0. The van der Waals surface area contributed by atoms with E-state index in [4.69, 9.17) is 11.5 Å². The Bertz CT molecular complexity index is 1490. The van der Waals surface area contributed by atoms with Crippen LogP contribution in [0.3, 0.4) is 0 Å². The minimum Gasteiger partial charge on any atom is -0.507 e. The molecular weight excluding hydrogens is 722 g/mol. The van der Waals surface area contributed by atoms with Crippen LogP contribution in [0.1, 0.15) is 76.2 Å². The molecule has 18 nitrogen and oxygen atoms in total. The van der Waals surface area contributed by atoms with Crippen molar-refractivity contribution in [1.82, 2.24) is 47.5 Å². The highest BCUT2D eigenvalue weighted by atomic mass is 16.3. The molecule has 0 radical (unpaired) electrons. The van der Waals surface area contributed by atoms with Gasteiger partial charge in [-0.1, -0.05) is 6.07 Å². The zero-order chi connectivity index (χ0) is 40.8. The maximum absolute atomic E-state index is 12.7. The van der Waals surface area contributed by atoms with Crippen LogP contribution in [0, 0.1) is 0 Å². The molecule has 2 rings (SSSR count). The summed E-state index contributed by atoms with van der Waals surface area (Å²) in [5.74, 6) is -1.74. The number of fused-ring (bicyclic) bond motifs is 1. The van der Waals surface area contributed by atoms with Crippen LogP contribution in [0.15, 0.2) is 24.4 Å². The SMILES string of the molecule is NCCCNCCC(=O)NCCCCNCCC(=O)NCCCNCCC(=O)NCCCCCNC(=O)[C@H](CC(N)=O)NC(=O)Cc1c[nH]c2cccc(O)c12. The van der Waals surface area contributed by atoms with Crippen LogP contribution in [-0.2, 0) is 35.2 Å². The number of aromatic amines is 1. The van der Waals surface area contributed by atoms with E-state index in [9.17, 15) is 33.9 Å². The maximum atomic E-state index is 12.7. The van der Waals surface area contributed by atoms with Crippen LogP contribution in [0.4, 0.5) is 0 Å². The van der Waals surface area contributed by atoms with E-state index >= 15 is 0 Å². The Morgan fingerprint density at radius 3 is 1.73 bits per heavy atom. The lowest BCUT2D eigenvalue weighted by Crippen LogP contribution is -2.49. The van der Waals surface area contributed by atoms with Crippen LogP contribution >= 0.6 is 0 Å². The van der Waals surface area contributed by atoms with Gasteiger partial charge < -0.3 is 64.1 Å². The number of benzene rings is 1. The summed E-state index contributed by atoms with van der Waals surface area (Å²) in [5.41, 5.74) is 12.0. The number of H-pyrrole nitrogens is 1. The highest BCUT2D eigenvalue weighted by molar-refractivity contribution is 5.95. The largest absolute Gasteiger partial charge is 0.507 e. The zero-order valence-electron chi connectivity index (χ0n) is 32.7. The first-order valence-electron chi connectivity index (χ1n) is 19.9. The average Bonchev–Trinajstić information content (AvgIpc) is 3.57. The number of hydrogen-bond acceptors (Lipinski definition) is 11. The predicted molar refractivity (Wildman–Crippen MR) is 215 cm³/mol. The number of hydrogen-bond donors (Lipinski definition) is 12. The molecule has 1 atom stereocenters. The molecule has 0 aliphatic rings. The molecule has 1 heterocycles. The number of unbranched alkanes of at least 4 members (excludes halogenated alkanes) is 3. The van der Waals surface area contributed by atoms with Gasteiger partial charge in [-0.05, 0) is 88.8 Å². The molecule has 14 N–H and O–H groups in total. The first-order chi connectivity index (χ1) is 27.1. The Kier molecular flexibility index (Phi) is 25.0. The number of aromatic hydroxyl groups is 1. The second-order valence-electron chi connectivity index (χ2n) is 13.6. The normalized spacial score (nSPS) is 11.5. The van der Waals surface area contributed by atoms with E-state index in [0.717, 1.165) is 51.6 Å². The number of nitrogens with two attached hydrogens (primary N) is 2. The Hall–Kier alpha value is -4.78. The highest BCUT2D eigenvalue weighted by Gasteiger charge is 2.23. The highest BCUT2D eigenvalue weighted by Crippen LogP contribution is 2.27. The summed E-state index contributed by atoms with van der Waals surface area (Å²) in [6, 6.07) is 3.85. The fourth-order valence-electron chi connectivity index (χ4n) is 5.71. The topological polar surface area (TPSA) is 287 Å². The number of carbonyl (C=O) groups excluding carboxylic acids is 6. The zero-order valence-corrected chi connectivity index (χ0v) is 32.7. The van der Waals surface area contributed by atoms with Crippen LogP contribution in [0.2, 0.25) is 0 Å². The van der Waals surface area contributed by atoms with Gasteiger partial charge in [0, 0.05) is 82.2 Å². The molecule has 0 unspecified atom stereocenters. The molecular formula is C38H65N11O7. The van der Waals surface area contributed by atoms with Gasteiger partial charge in [0.05, 0.1) is 12.8 Å². The van der Waals surface area contributed by atoms with Crippen molar-refractivity contribution in [2.24, 2.45) is 11.5 Å². The lowest BCUT2D eigenvalue weighted by atomic mass is 10.1. The van der Waals surface area contributed by atoms with E-state index in [1.165, 1.54) is 6.07 Å². The standard InChI is InChI=1S/C38H65N11O7/c39-14-7-16-42-23-12-34(53)45-19-5-4-15-41-22-11-35(54)46-21-8-17-43-24-13-33(52)44-18-2-1-3-20-47-38(56)30(26-32(40)51)49-36(55)25-28-27-48-29-9-6-10-31(50)37(28)29/h6,9-10,27,30,41-43,48,50H,1-5,7-8,11-26,39H2,(H2,40,51)(H,44,52)(H,45,53)(H,46,54)(H,47,56)(H,49,55)/t30-/m0/s1. The lowest BCUT2D eigenvalue weighted by Gasteiger charge is -2.17. The second-order valence-corrected chi connectivity index (χ2v) is 13.6. The third kappa shape index (κ3) is 21.9. The van der Waals surface area contributed by atoms with Crippen molar-refractivity contribution in [3.63, 3.8) is 0 Å². The molecule has 1 aromatic heterocycles. The molecule has 18 heteroatoms. The number of rotatable bonds is 33. The molecule has 2 aromatic rings. The van der Waals surface area contributed by atoms with Crippen LogP contribution in [-0.4, -0.2) is 124 Å². The van der Waals surface area contributed by atoms with E-state index in [-0.39, 0.29) is 36.3 Å². The lowest BCUT2D eigenvalue weighted by molar-refractivity contribution is -0.131. The fourth-order valence-corrected chi connectivity index (χ4v) is 5.71. The Morgan fingerprint density at radius 2 is 1.14 bits per heavy atom. The summed E-state index contributed by atoms with van der Waals surface area (Å²) in [4.78, 5) is 76.0. The predicted octanol–water partition coefficient (Wildman–Crippen LogP) is -1.13. The van der Waals surface area contributed by atoms with E-state index < -0.39 is 23.8 Å². The first-order valence-corrected chi connectivity index (χ1v) is 19.9. The first kappa shape index (κ1) is 47.4. The third-order valence-corrected chi connectivity index (χ3v) is 8.75. The molecule has 0 saturated carbocycles. The van der Waals surface area contributed by atoms with Crippen molar-refractivity contribution >= 4 is 46.3 Å². The van der Waals surface area contributed by atoms with Crippen molar-refractivity contribution < 1.29 is 33.9 Å². The molecule has 0 bridgehead atoms. The maximum Gasteiger partial charge on any atom is 0.243 e. The Balaban J connectivity index is 1.40. The van der Waals surface area contributed by atoms with Crippen molar-refractivity contribution in [3.05, 3.63) is 30.0 Å². The monoisotopic (exact) mass is 788 g/mol. The molecule has 0 spiro atoms. The van der Waals surface area contributed by atoms with Crippen LogP contribution < -0.4 is 54.0 Å². The van der Waals surface area contributed by atoms with Crippen molar-refractivity contribution in [2.45, 2.75) is 83.1 Å². The quantitative estimate of drug-likeness (QED) is 0.0385. The number of phenols is 1. The van der Waals surface area contributed by atoms with Crippen molar-refractivity contribution in [3.8, 4) is 5.75 Å². The van der Waals surface area contributed by atoms with Gasteiger partial charge in [-0.2, -0.15) is 0 Å². The molecule has 314 valence electrons. The Morgan fingerprint density at radius 1 is 0.625 bits per heavy atom. The molecule has 0 aliphatic carbocycles. The molecule has 1 aromatic carbocycles. The number of phenolic OH excluding ortho intramolecular Hbond substituents is 1. The van der Waals surface area contributed by atoms with E-state index in [2.05, 4.69) is 47.5 Å². The second kappa shape index (κ2) is 29.5. The smallest absolute Gasteiger partial charge is 0.243 e. The minimum atomic E-state index is -1.13. The molecule has 0 fully saturated rings. The number of aromatic nitrogens is 1. The van der Waals surface area contributed by atoms with Gasteiger partial charge in [0.25, 0.3) is 0 Å². The van der Waals surface area contributed by atoms with Gasteiger partial charge >= 0.3 is 0 Å². The van der Waals surface area contributed by atoms with E-state index in [1.54, 1.807) is 18.3 Å². The summed E-state index contributed by atoms with van der Waals surface area (Å²) in [7, 11) is 0. The number of primary amides is 1. The average molecular weight is 788 g/mol. The van der Waals surface area contributed by atoms with Gasteiger partial charge in [0.2, 0.25) is 35.4 Å². The third-order valence-electron chi connectivity index (χ3n) is 8.75. The molecule has 0 aliphatic heterocycles. The molecule has 0 saturated heterocycles. The minimum absolute atomic E-state index is 0.0105. The summed E-state index contributed by atoms with van der Waals surface area (Å²) in [5, 5.41) is 34.3. The number of nitrogens with one attached hydrogen (secondary N) is 9.